The van der Waals surface area contributed by atoms with Crippen molar-refractivity contribution in [3.8, 4) is 0 Å². The first-order valence-corrected chi connectivity index (χ1v) is 6.16. The molecule has 0 aromatic heterocycles. The van der Waals surface area contributed by atoms with E-state index in [0.717, 1.165) is 25.9 Å². The van der Waals surface area contributed by atoms with Gasteiger partial charge in [0.2, 0.25) is 11.8 Å². The van der Waals surface area contributed by atoms with Crippen LogP contribution in [0.4, 0.5) is 0 Å². The Morgan fingerprint density at radius 1 is 1.35 bits per heavy atom. The molecule has 1 unspecified atom stereocenters. The topological polar surface area (TPSA) is 75.4 Å². The summed E-state index contributed by atoms with van der Waals surface area (Å²) in [5, 5.41) is 3.09. The summed E-state index contributed by atoms with van der Waals surface area (Å²) < 4.78 is 0. The average Bonchev–Trinajstić information content (AvgIpc) is 2.78. The maximum Gasteiger partial charge on any atom is 0.239 e. The summed E-state index contributed by atoms with van der Waals surface area (Å²) in [4.78, 5) is 25.0. The number of hydrogen-bond donors (Lipinski definition) is 2. The summed E-state index contributed by atoms with van der Waals surface area (Å²) in [7, 11) is 0. The van der Waals surface area contributed by atoms with Crippen LogP contribution < -0.4 is 11.1 Å². The molecule has 0 aromatic rings. The predicted octanol–water partition coefficient (Wildman–Crippen LogP) is 0.0984. The zero-order chi connectivity index (χ0) is 13.1. The van der Waals surface area contributed by atoms with Crippen LogP contribution in [0.25, 0.3) is 0 Å². The van der Waals surface area contributed by atoms with E-state index in [0.29, 0.717) is 6.54 Å². The number of carbonyl (C=O) groups is 2. The fourth-order valence-electron chi connectivity index (χ4n) is 1.79. The average molecular weight is 241 g/mol. The van der Waals surface area contributed by atoms with Crippen molar-refractivity contribution in [2.75, 3.05) is 19.6 Å². The number of carbonyl (C=O) groups excluding carboxylic acids is 2. The van der Waals surface area contributed by atoms with Gasteiger partial charge in [0.15, 0.2) is 0 Å². The van der Waals surface area contributed by atoms with Crippen molar-refractivity contribution in [1.82, 2.24) is 10.2 Å². The molecule has 0 radical (unpaired) electrons. The highest BCUT2D eigenvalue weighted by atomic mass is 16.2. The zero-order valence-corrected chi connectivity index (χ0v) is 11.0. The minimum Gasteiger partial charge on any atom is -0.369 e. The van der Waals surface area contributed by atoms with E-state index in [-0.39, 0.29) is 17.9 Å². The molecule has 0 aliphatic carbocycles. The van der Waals surface area contributed by atoms with Gasteiger partial charge in [-0.05, 0) is 33.6 Å². The fraction of sp³-hybridized carbons (Fsp3) is 0.833. The van der Waals surface area contributed by atoms with Gasteiger partial charge in [-0.3, -0.25) is 9.59 Å². The van der Waals surface area contributed by atoms with Crippen LogP contribution in [0.2, 0.25) is 0 Å². The zero-order valence-electron chi connectivity index (χ0n) is 11.0. The van der Waals surface area contributed by atoms with Gasteiger partial charge in [-0.2, -0.15) is 0 Å². The van der Waals surface area contributed by atoms with Gasteiger partial charge in [0, 0.05) is 19.6 Å². The van der Waals surface area contributed by atoms with E-state index in [9.17, 15) is 9.59 Å². The van der Waals surface area contributed by atoms with Crippen LogP contribution >= 0.6 is 0 Å². The van der Waals surface area contributed by atoms with Gasteiger partial charge in [0.1, 0.15) is 0 Å². The molecule has 1 aliphatic heterocycles. The molecule has 17 heavy (non-hydrogen) atoms. The fourth-order valence-corrected chi connectivity index (χ4v) is 1.79. The van der Waals surface area contributed by atoms with E-state index in [1.54, 1.807) is 13.8 Å². The Kier molecular flexibility index (Phi) is 4.51. The predicted molar refractivity (Wildman–Crippen MR) is 66.3 cm³/mol. The smallest absolute Gasteiger partial charge is 0.239 e. The third-order valence-corrected chi connectivity index (χ3v) is 3.31. The highest BCUT2D eigenvalue weighted by Gasteiger charge is 2.28. The Bertz CT molecular complexity index is 296. The molecule has 3 N–H and O–H groups in total. The van der Waals surface area contributed by atoms with Gasteiger partial charge in [-0.15, -0.1) is 0 Å². The molecule has 1 aliphatic rings. The Labute approximate surface area is 103 Å². The van der Waals surface area contributed by atoms with Gasteiger partial charge >= 0.3 is 0 Å². The molecule has 1 fully saturated rings. The molecular formula is C12H23N3O2. The van der Waals surface area contributed by atoms with Gasteiger partial charge in [0.05, 0.1) is 11.5 Å². The van der Waals surface area contributed by atoms with Crippen LogP contribution in [0.15, 0.2) is 0 Å². The molecule has 1 atom stereocenters. The molecule has 0 aromatic carbocycles. The van der Waals surface area contributed by atoms with E-state index in [1.165, 1.54) is 0 Å². The van der Waals surface area contributed by atoms with Crippen LogP contribution in [-0.2, 0) is 9.59 Å². The second-order valence-electron chi connectivity index (χ2n) is 5.38. The number of nitrogens with zero attached hydrogens (tertiary/aromatic N) is 1. The van der Waals surface area contributed by atoms with Crippen molar-refractivity contribution in [2.45, 2.75) is 39.7 Å². The molecule has 1 heterocycles. The monoisotopic (exact) mass is 241 g/mol. The number of nitrogens with two attached hydrogens (primary N) is 1. The molecule has 1 saturated heterocycles. The number of rotatable bonds is 5. The third-order valence-electron chi connectivity index (χ3n) is 3.31. The maximum absolute atomic E-state index is 12.0. The highest BCUT2D eigenvalue weighted by molar-refractivity contribution is 5.82. The number of amides is 2. The van der Waals surface area contributed by atoms with E-state index in [4.69, 9.17) is 5.73 Å². The molecule has 1 rings (SSSR count). The first-order chi connectivity index (χ1) is 7.84. The normalized spacial score (nSPS) is 18.2. The molecule has 0 spiro atoms. The standard InChI is InChI=1S/C12H23N3O2/c1-9(10(16)15-6-4-5-7-15)14-8-12(2,3)11(13)17/h9,14H,4-8H2,1-3H3,(H2,13,17). The quantitative estimate of drug-likeness (QED) is 0.716. The van der Waals surface area contributed by atoms with Crippen molar-refractivity contribution >= 4 is 11.8 Å². The van der Waals surface area contributed by atoms with Crippen molar-refractivity contribution in [2.24, 2.45) is 11.1 Å². The third kappa shape index (κ3) is 3.70. The summed E-state index contributed by atoms with van der Waals surface area (Å²) in [5.74, 6) is -0.242. The van der Waals surface area contributed by atoms with Gasteiger partial charge in [-0.1, -0.05) is 0 Å². The Morgan fingerprint density at radius 2 is 1.88 bits per heavy atom. The SMILES string of the molecule is CC(NCC(C)(C)C(N)=O)C(=O)N1CCCC1. The lowest BCUT2D eigenvalue weighted by Crippen LogP contribution is -2.49. The second-order valence-corrected chi connectivity index (χ2v) is 5.38. The molecule has 5 heteroatoms. The van der Waals surface area contributed by atoms with Crippen LogP contribution in [0.5, 0.6) is 0 Å². The number of hydrogen-bond acceptors (Lipinski definition) is 3. The van der Waals surface area contributed by atoms with Gasteiger partial charge in [0.25, 0.3) is 0 Å². The molecule has 98 valence electrons. The van der Waals surface area contributed by atoms with Gasteiger partial charge < -0.3 is 16.0 Å². The molecule has 0 saturated carbocycles. The lowest BCUT2D eigenvalue weighted by molar-refractivity contribution is -0.133. The van der Waals surface area contributed by atoms with Crippen molar-refractivity contribution < 1.29 is 9.59 Å². The van der Waals surface area contributed by atoms with E-state index < -0.39 is 5.41 Å². The van der Waals surface area contributed by atoms with Crippen LogP contribution in [0, 0.1) is 5.41 Å². The lowest BCUT2D eigenvalue weighted by Gasteiger charge is -2.26. The van der Waals surface area contributed by atoms with E-state index >= 15 is 0 Å². The van der Waals surface area contributed by atoms with Crippen LogP contribution in [-0.4, -0.2) is 42.4 Å². The number of primary amides is 1. The minimum atomic E-state index is -0.625. The summed E-state index contributed by atoms with van der Waals surface area (Å²) in [6, 6.07) is -0.258. The first-order valence-electron chi connectivity index (χ1n) is 6.16. The maximum atomic E-state index is 12.0. The molecular weight excluding hydrogens is 218 g/mol. The van der Waals surface area contributed by atoms with Crippen molar-refractivity contribution in [3.05, 3.63) is 0 Å². The summed E-state index contributed by atoms with van der Waals surface area (Å²) in [6.45, 7) is 7.50. The van der Waals surface area contributed by atoms with Crippen LogP contribution in [0.1, 0.15) is 33.6 Å². The largest absolute Gasteiger partial charge is 0.369 e. The van der Waals surface area contributed by atoms with Crippen LogP contribution in [0.3, 0.4) is 0 Å². The number of nitrogens with one attached hydrogen (secondary N) is 1. The Balaban J connectivity index is 2.41. The molecule has 2 amide bonds. The molecule has 5 nitrogen and oxygen atoms in total. The lowest BCUT2D eigenvalue weighted by atomic mass is 9.92. The Hall–Kier alpha value is -1.10. The Morgan fingerprint density at radius 3 is 2.35 bits per heavy atom. The van der Waals surface area contributed by atoms with Crippen molar-refractivity contribution in [3.63, 3.8) is 0 Å². The van der Waals surface area contributed by atoms with Gasteiger partial charge in [-0.25, -0.2) is 0 Å². The van der Waals surface area contributed by atoms with E-state index in [1.807, 2.05) is 11.8 Å². The minimum absolute atomic E-state index is 0.114. The molecule has 0 bridgehead atoms. The van der Waals surface area contributed by atoms with Crippen molar-refractivity contribution in [1.29, 1.82) is 0 Å². The van der Waals surface area contributed by atoms with E-state index in [2.05, 4.69) is 5.32 Å². The summed E-state index contributed by atoms with van der Waals surface area (Å²) in [5.41, 5.74) is 4.65. The summed E-state index contributed by atoms with van der Waals surface area (Å²) in [6.07, 6.45) is 2.18. The second kappa shape index (κ2) is 5.49. The number of likely N-dealkylation sites (tertiary alicyclic amines) is 1. The highest BCUT2D eigenvalue weighted by Crippen LogP contribution is 2.13. The summed E-state index contributed by atoms with van der Waals surface area (Å²) >= 11 is 0. The first kappa shape index (κ1) is 14.0.